The molecule has 4 rings (SSSR count). The Morgan fingerprint density at radius 2 is 1.14 bits per heavy atom. The van der Waals surface area contributed by atoms with E-state index >= 15 is 0 Å². The fourth-order valence-electron chi connectivity index (χ4n) is 4.59. The van der Waals surface area contributed by atoms with Crippen LogP contribution in [0.25, 0.3) is 0 Å². The van der Waals surface area contributed by atoms with Gasteiger partial charge < -0.3 is 24.1 Å². The lowest BCUT2D eigenvalue weighted by Crippen LogP contribution is -2.60. The van der Waals surface area contributed by atoms with Gasteiger partial charge in [-0.25, -0.2) is 0 Å². The first-order valence-corrected chi connectivity index (χ1v) is 12.9. The Balaban J connectivity index is 1.52. The van der Waals surface area contributed by atoms with Crippen molar-refractivity contribution in [2.45, 2.75) is 70.6 Å². The predicted octanol–water partition coefficient (Wildman–Crippen LogP) is 5.55. The molecular formula is C31H38O5. The van der Waals surface area contributed by atoms with Gasteiger partial charge >= 0.3 is 0 Å². The van der Waals surface area contributed by atoms with Gasteiger partial charge in [-0.1, -0.05) is 105 Å². The number of hydrogen-bond acceptors (Lipinski definition) is 5. The first-order valence-electron chi connectivity index (χ1n) is 12.9. The Bertz CT molecular complexity index is 995. The molecule has 0 bridgehead atoms. The fourth-order valence-corrected chi connectivity index (χ4v) is 4.59. The van der Waals surface area contributed by atoms with E-state index in [1.807, 2.05) is 91.0 Å². The van der Waals surface area contributed by atoms with Gasteiger partial charge in [0.05, 0.1) is 32.5 Å². The largest absolute Gasteiger partial charge is 0.388 e. The van der Waals surface area contributed by atoms with E-state index in [0.717, 1.165) is 23.1 Å². The van der Waals surface area contributed by atoms with Gasteiger partial charge in [0.2, 0.25) is 0 Å². The van der Waals surface area contributed by atoms with Crippen molar-refractivity contribution in [3.63, 3.8) is 0 Å². The molecule has 1 aliphatic rings. The summed E-state index contributed by atoms with van der Waals surface area (Å²) >= 11 is 0. The Kier molecular flexibility index (Phi) is 10.1. The van der Waals surface area contributed by atoms with Crippen molar-refractivity contribution in [3.05, 3.63) is 108 Å². The van der Waals surface area contributed by atoms with Crippen molar-refractivity contribution in [2.24, 2.45) is 5.92 Å². The second kappa shape index (κ2) is 13.7. The van der Waals surface area contributed by atoms with Gasteiger partial charge in [-0.2, -0.15) is 0 Å². The molecule has 5 heteroatoms. The molecule has 3 aromatic carbocycles. The maximum atomic E-state index is 11.4. The predicted molar refractivity (Wildman–Crippen MR) is 140 cm³/mol. The van der Waals surface area contributed by atoms with Crippen LogP contribution in [0, 0.1) is 5.92 Å². The molecule has 5 nitrogen and oxygen atoms in total. The second-order valence-electron chi connectivity index (χ2n) is 9.86. The van der Waals surface area contributed by atoms with Crippen LogP contribution in [0.2, 0.25) is 0 Å². The maximum Gasteiger partial charge on any atom is 0.115 e. The molecule has 1 fully saturated rings. The molecule has 0 aliphatic carbocycles. The normalized spacial score (nSPS) is 24.2. The van der Waals surface area contributed by atoms with Gasteiger partial charge in [-0.05, 0) is 29.0 Å². The van der Waals surface area contributed by atoms with E-state index in [2.05, 4.69) is 13.8 Å². The van der Waals surface area contributed by atoms with Crippen LogP contribution in [0.1, 0.15) is 37.0 Å². The minimum absolute atomic E-state index is 0.348. The van der Waals surface area contributed by atoms with Gasteiger partial charge in [0.1, 0.15) is 24.4 Å². The minimum Gasteiger partial charge on any atom is -0.388 e. The molecule has 1 N–H and O–H groups in total. The highest BCUT2D eigenvalue weighted by Crippen LogP contribution is 2.31. The zero-order chi connectivity index (χ0) is 25.2. The van der Waals surface area contributed by atoms with Crippen molar-refractivity contribution in [1.29, 1.82) is 0 Å². The molecule has 0 radical (unpaired) electrons. The summed E-state index contributed by atoms with van der Waals surface area (Å²) in [6.45, 7) is 5.89. The number of aliphatic hydroxyl groups excluding tert-OH is 1. The van der Waals surface area contributed by atoms with Crippen molar-refractivity contribution in [1.82, 2.24) is 0 Å². The van der Waals surface area contributed by atoms with E-state index in [9.17, 15) is 5.11 Å². The van der Waals surface area contributed by atoms with Gasteiger partial charge in [0.15, 0.2) is 0 Å². The van der Waals surface area contributed by atoms with Gasteiger partial charge in [-0.3, -0.25) is 0 Å². The highest BCUT2D eigenvalue weighted by molar-refractivity contribution is 5.15. The number of rotatable bonds is 12. The number of aliphatic hydroxyl groups is 1. The third kappa shape index (κ3) is 7.73. The van der Waals surface area contributed by atoms with Crippen LogP contribution in [0.3, 0.4) is 0 Å². The lowest BCUT2D eigenvalue weighted by Gasteiger charge is -2.45. The Hall–Kier alpha value is -2.54. The van der Waals surface area contributed by atoms with Crippen molar-refractivity contribution in [3.8, 4) is 0 Å². The summed E-state index contributed by atoms with van der Waals surface area (Å²) in [5.41, 5.74) is 3.21. The first-order chi connectivity index (χ1) is 17.6. The topological polar surface area (TPSA) is 57.2 Å². The van der Waals surface area contributed by atoms with Crippen LogP contribution in [0.5, 0.6) is 0 Å². The fraction of sp³-hybridized carbons (Fsp3) is 0.419. The lowest BCUT2D eigenvalue weighted by atomic mass is 9.90. The van der Waals surface area contributed by atoms with E-state index in [0.29, 0.717) is 32.3 Å². The Morgan fingerprint density at radius 3 is 1.64 bits per heavy atom. The van der Waals surface area contributed by atoms with Crippen molar-refractivity contribution < 1.29 is 24.1 Å². The third-order valence-electron chi connectivity index (χ3n) is 6.43. The average Bonchev–Trinajstić information content (AvgIpc) is 2.90. The number of hydrogen-bond donors (Lipinski definition) is 1. The zero-order valence-corrected chi connectivity index (χ0v) is 21.2. The van der Waals surface area contributed by atoms with Crippen LogP contribution in [0.15, 0.2) is 91.0 Å². The Labute approximate surface area is 215 Å². The van der Waals surface area contributed by atoms with E-state index in [4.69, 9.17) is 18.9 Å². The summed E-state index contributed by atoms with van der Waals surface area (Å²) in [5, 5.41) is 11.4. The van der Waals surface area contributed by atoms with Crippen LogP contribution < -0.4 is 0 Å². The summed E-state index contributed by atoms with van der Waals surface area (Å²) in [7, 11) is 0. The highest BCUT2D eigenvalue weighted by Gasteiger charge is 2.46. The molecule has 1 saturated heterocycles. The molecular weight excluding hydrogens is 452 g/mol. The van der Waals surface area contributed by atoms with Crippen LogP contribution >= 0.6 is 0 Å². The minimum atomic E-state index is -0.803. The van der Waals surface area contributed by atoms with Gasteiger partial charge in [-0.15, -0.1) is 0 Å². The van der Waals surface area contributed by atoms with Gasteiger partial charge in [0, 0.05) is 0 Å². The smallest absolute Gasteiger partial charge is 0.115 e. The van der Waals surface area contributed by atoms with Crippen molar-refractivity contribution >= 4 is 0 Å². The first kappa shape index (κ1) is 26.5. The molecule has 0 aromatic heterocycles. The van der Waals surface area contributed by atoms with E-state index in [1.165, 1.54) is 0 Å². The number of ether oxygens (including phenoxy) is 4. The average molecular weight is 491 g/mol. The van der Waals surface area contributed by atoms with Crippen LogP contribution in [-0.4, -0.2) is 42.2 Å². The number of benzene rings is 3. The molecule has 3 aromatic rings. The summed E-state index contributed by atoms with van der Waals surface area (Å²) in [6.07, 6.45) is -1.83. The molecule has 192 valence electrons. The summed E-state index contributed by atoms with van der Waals surface area (Å²) in [5.74, 6) is 0.368. The van der Waals surface area contributed by atoms with E-state index in [-0.39, 0.29) is 12.2 Å². The highest BCUT2D eigenvalue weighted by atomic mass is 16.6. The maximum absolute atomic E-state index is 11.4. The monoisotopic (exact) mass is 490 g/mol. The molecule has 0 amide bonds. The quantitative estimate of drug-likeness (QED) is 0.361. The SMILES string of the molecule is CC(C)C[C@@H]1O[C@H](COCc2ccccc2)[C@H](OCc2ccccc2)[C@H](OCc2ccccc2)[C@H]1O. The molecule has 1 aliphatic heterocycles. The molecule has 0 unspecified atom stereocenters. The lowest BCUT2D eigenvalue weighted by molar-refractivity contribution is -0.263. The molecule has 1 heterocycles. The van der Waals surface area contributed by atoms with E-state index < -0.39 is 18.3 Å². The summed E-state index contributed by atoms with van der Waals surface area (Å²) in [4.78, 5) is 0. The molecule has 36 heavy (non-hydrogen) atoms. The standard InChI is InChI=1S/C31H38O5/c1-23(2)18-27-29(32)31(35-21-26-16-10-5-11-17-26)30(34-20-25-14-8-4-9-15-25)28(36-27)22-33-19-24-12-6-3-7-13-24/h3-17,23,27-32H,18-22H2,1-2H3/t27-,28+,29-,30-,31+/m0/s1. The Morgan fingerprint density at radius 1 is 0.667 bits per heavy atom. The summed E-state index contributed by atoms with van der Waals surface area (Å²) < 4.78 is 25.3. The van der Waals surface area contributed by atoms with Crippen molar-refractivity contribution in [2.75, 3.05) is 6.61 Å². The molecule has 0 spiro atoms. The van der Waals surface area contributed by atoms with E-state index in [1.54, 1.807) is 0 Å². The molecule has 0 saturated carbocycles. The summed E-state index contributed by atoms with van der Waals surface area (Å²) in [6, 6.07) is 30.1. The van der Waals surface area contributed by atoms with Gasteiger partial charge in [0.25, 0.3) is 0 Å². The molecule has 5 atom stereocenters. The third-order valence-corrected chi connectivity index (χ3v) is 6.43. The zero-order valence-electron chi connectivity index (χ0n) is 21.2. The van der Waals surface area contributed by atoms with Crippen LogP contribution in [-0.2, 0) is 38.8 Å². The second-order valence-corrected chi connectivity index (χ2v) is 9.86. The van der Waals surface area contributed by atoms with Crippen LogP contribution in [0.4, 0.5) is 0 Å².